The highest BCUT2D eigenvalue weighted by atomic mass is 16.2. The Hall–Kier alpha value is -2.18. The molecule has 2 aromatic heterocycles. The van der Waals surface area contributed by atoms with E-state index in [0.717, 1.165) is 12.8 Å². The van der Waals surface area contributed by atoms with Crippen LogP contribution in [0.1, 0.15) is 12.8 Å². The Balaban J connectivity index is 1.84. The minimum absolute atomic E-state index is 0.0241. The molecule has 3 rings (SSSR count). The van der Waals surface area contributed by atoms with Crippen LogP contribution in [0.15, 0.2) is 12.7 Å². The number of fused-ring (bicyclic) bond motifs is 1. The lowest BCUT2D eigenvalue weighted by molar-refractivity contribution is -0.121. The average molecular weight is 232 g/mol. The van der Waals surface area contributed by atoms with E-state index in [-0.39, 0.29) is 12.5 Å². The average Bonchev–Trinajstić information content (AvgIpc) is 3.00. The molecule has 1 aliphatic carbocycles. The molecule has 2 heterocycles. The van der Waals surface area contributed by atoms with Gasteiger partial charge in [0.1, 0.15) is 18.4 Å². The fraction of sp³-hybridized carbons (Fsp3) is 0.400. The number of nitrogen functional groups attached to an aromatic ring is 1. The summed E-state index contributed by atoms with van der Waals surface area (Å²) in [6.45, 7) is 0.212. The van der Waals surface area contributed by atoms with Gasteiger partial charge in [-0.25, -0.2) is 15.0 Å². The number of nitrogens with zero attached hydrogens (tertiary/aromatic N) is 4. The van der Waals surface area contributed by atoms with Gasteiger partial charge in [-0.05, 0) is 12.8 Å². The molecule has 3 N–H and O–H groups in total. The molecule has 1 saturated carbocycles. The van der Waals surface area contributed by atoms with E-state index < -0.39 is 0 Å². The first-order valence-corrected chi connectivity index (χ1v) is 5.44. The molecular formula is C10H12N6O. The Labute approximate surface area is 97.1 Å². The second kappa shape index (κ2) is 3.69. The number of nitrogens with one attached hydrogen (secondary N) is 1. The standard InChI is InChI=1S/C10H12N6O/c11-9-8-10(13-4-12-9)16(5-14-8)3-7(17)15-6-1-2-6/h4-6H,1-3H2,(H,15,17)(H2,11,12,13). The summed E-state index contributed by atoms with van der Waals surface area (Å²) in [6.07, 6.45) is 5.08. The summed E-state index contributed by atoms with van der Waals surface area (Å²) in [5.41, 5.74) is 6.78. The largest absolute Gasteiger partial charge is 0.382 e. The summed E-state index contributed by atoms with van der Waals surface area (Å²) in [5, 5.41) is 2.91. The summed E-state index contributed by atoms with van der Waals surface area (Å²) in [4.78, 5) is 23.7. The van der Waals surface area contributed by atoms with E-state index in [4.69, 9.17) is 5.73 Å². The number of amides is 1. The second-order valence-corrected chi connectivity index (χ2v) is 4.15. The molecule has 0 aromatic carbocycles. The van der Waals surface area contributed by atoms with Gasteiger partial charge in [-0.15, -0.1) is 0 Å². The summed E-state index contributed by atoms with van der Waals surface area (Å²) in [5.74, 6) is 0.306. The zero-order valence-electron chi connectivity index (χ0n) is 9.13. The van der Waals surface area contributed by atoms with Crippen molar-refractivity contribution in [3.05, 3.63) is 12.7 Å². The lowest BCUT2D eigenvalue weighted by Gasteiger charge is -2.04. The normalized spacial score (nSPS) is 15.1. The Bertz CT molecular complexity index is 573. The number of anilines is 1. The third-order valence-corrected chi connectivity index (χ3v) is 2.69. The highest BCUT2D eigenvalue weighted by molar-refractivity contribution is 5.83. The van der Waals surface area contributed by atoms with Crippen LogP contribution in [0.2, 0.25) is 0 Å². The lowest BCUT2D eigenvalue weighted by atomic mass is 10.5. The summed E-state index contributed by atoms with van der Waals surface area (Å²) in [6, 6.07) is 0.358. The van der Waals surface area contributed by atoms with E-state index in [1.165, 1.54) is 6.33 Å². The maximum atomic E-state index is 11.7. The predicted octanol–water partition coefficient (Wildman–Crippen LogP) is -0.313. The van der Waals surface area contributed by atoms with Crippen molar-refractivity contribution in [2.45, 2.75) is 25.4 Å². The van der Waals surface area contributed by atoms with Crippen LogP contribution < -0.4 is 11.1 Å². The fourth-order valence-corrected chi connectivity index (χ4v) is 1.67. The molecule has 1 aliphatic rings. The number of carbonyl (C=O) groups is 1. The highest BCUT2D eigenvalue weighted by Crippen LogP contribution is 2.19. The molecule has 88 valence electrons. The molecule has 7 heteroatoms. The van der Waals surface area contributed by atoms with Crippen LogP contribution in [-0.2, 0) is 11.3 Å². The molecule has 0 spiro atoms. The third kappa shape index (κ3) is 1.91. The van der Waals surface area contributed by atoms with Crippen LogP contribution in [0.3, 0.4) is 0 Å². The van der Waals surface area contributed by atoms with Gasteiger partial charge >= 0.3 is 0 Å². The number of imidazole rings is 1. The maximum absolute atomic E-state index is 11.7. The van der Waals surface area contributed by atoms with E-state index in [1.54, 1.807) is 10.9 Å². The van der Waals surface area contributed by atoms with Gasteiger partial charge in [0.2, 0.25) is 5.91 Å². The highest BCUT2D eigenvalue weighted by Gasteiger charge is 2.23. The molecule has 0 radical (unpaired) electrons. The lowest BCUT2D eigenvalue weighted by Crippen LogP contribution is -2.29. The van der Waals surface area contributed by atoms with Crippen LogP contribution in [0.4, 0.5) is 5.82 Å². The molecule has 1 fully saturated rings. The van der Waals surface area contributed by atoms with Gasteiger partial charge in [0.25, 0.3) is 0 Å². The van der Waals surface area contributed by atoms with E-state index >= 15 is 0 Å². The number of rotatable bonds is 3. The van der Waals surface area contributed by atoms with Crippen LogP contribution in [-0.4, -0.2) is 31.5 Å². The van der Waals surface area contributed by atoms with E-state index in [1.807, 2.05) is 0 Å². The quantitative estimate of drug-likeness (QED) is 0.756. The molecule has 0 atom stereocenters. The van der Waals surface area contributed by atoms with E-state index in [2.05, 4.69) is 20.3 Å². The Kier molecular flexibility index (Phi) is 2.17. The second-order valence-electron chi connectivity index (χ2n) is 4.15. The van der Waals surface area contributed by atoms with Crippen LogP contribution in [0.25, 0.3) is 11.2 Å². The van der Waals surface area contributed by atoms with Crippen molar-refractivity contribution >= 4 is 22.9 Å². The number of hydrogen-bond donors (Lipinski definition) is 2. The zero-order valence-corrected chi connectivity index (χ0v) is 9.13. The Morgan fingerprint density at radius 3 is 3.06 bits per heavy atom. The predicted molar refractivity (Wildman–Crippen MR) is 60.9 cm³/mol. The van der Waals surface area contributed by atoms with Crippen molar-refractivity contribution in [1.29, 1.82) is 0 Å². The van der Waals surface area contributed by atoms with Gasteiger partial charge < -0.3 is 15.6 Å². The third-order valence-electron chi connectivity index (χ3n) is 2.69. The molecule has 0 aliphatic heterocycles. The van der Waals surface area contributed by atoms with E-state index in [9.17, 15) is 4.79 Å². The summed E-state index contributed by atoms with van der Waals surface area (Å²) >= 11 is 0. The first-order chi connectivity index (χ1) is 8.24. The van der Waals surface area contributed by atoms with Gasteiger partial charge in [0.05, 0.1) is 6.33 Å². The van der Waals surface area contributed by atoms with Gasteiger partial charge in [0, 0.05) is 6.04 Å². The van der Waals surface area contributed by atoms with Crippen LogP contribution in [0, 0.1) is 0 Å². The first-order valence-electron chi connectivity index (χ1n) is 5.44. The minimum Gasteiger partial charge on any atom is -0.382 e. The van der Waals surface area contributed by atoms with Gasteiger partial charge in [-0.3, -0.25) is 4.79 Å². The SMILES string of the molecule is Nc1ncnc2c1ncn2CC(=O)NC1CC1. The molecule has 0 bridgehead atoms. The van der Waals surface area contributed by atoms with Gasteiger partial charge in [0.15, 0.2) is 11.5 Å². The molecular weight excluding hydrogens is 220 g/mol. The number of nitrogens with two attached hydrogens (primary N) is 1. The molecule has 1 amide bonds. The van der Waals surface area contributed by atoms with Crippen molar-refractivity contribution < 1.29 is 4.79 Å². The van der Waals surface area contributed by atoms with Crippen molar-refractivity contribution in [2.24, 2.45) is 0 Å². The van der Waals surface area contributed by atoms with Crippen molar-refractivity contribution in [1.82, 2.24) is 24.8 Å². The number of aromatic nitrogens is 4. The summed E-state index contributed by atoms with van der Waals surface area (Å²) in [7, 11) is 0. The van der Waals surface area contributed by atoms with E-state index in [0.29, 0.717) is 23.0 Å². The Morgan fingerprint density at radius 1 is 1.47 bits per heavy atom. The number of hydrogen-bond acceptors (Lipinski definition) is 5. The number of carbonyl (C=O) groups excluding carboxylic acids is 1. The zero-order chi connectivity index (χ0) is 11.8. The van der Waals surface area contributed by atoms with Crippen molar-refractivity contribution in [2.75, 3.05) is 5.73 Å². The molecule has 2 aromatic rings. The van der Waals surface area contributed by atoms with Crippen LogP contribution in [0.5, 0.6) is 0 Å². The smallest absolute Gasteiger partial charge is 0.240 e. The molecule has 0 saturated heterocycles. The van der Waals surface area contributed by atoms with Gasteiger partial charge in [-0.1, -0.05) is 0 Å². The molecule has 7 nitrogen and oxygen atoms in total. The Morgan fingerprint density at radius 2 is 2.29 bits per heavy atom. The monoisotopic (exact) mass is 232 g/mol. The van der Waals surface area contributed by atoms with Crippen molar-refractivity contribution in [3.8, 4) is 0 Å². The van der Waals surface area contributed by atoms with Crippen molar-refractivity contribution in [3.63, 3.8) is 0 Å². The molecule has 0 unspecified atom stereocenters. The van der Waals surface area contributed by atoms with Crippen LogP contribution >= 0.6 is 0 Å². The fourth-order valence-electron chi connectivity index (χ4n) is 1.67. The minimum atomic E-state index is -0.0241. The topological polar surface area (TPSA) is 98.7 Å². The first kappa shape index (κ1) is 10.0. The van der Waals surface area contributed by atoms with Gasteiger partial charge in [-0.2, -0.15) is 0 Å². The maximum Gasteiger partial charge on any atom is 0.240 e. The summed E-state index contributed by atoms with van der Waals surface area (Å²) < 4.78 is 1.67. The molecule has 17 heavy (non-hydrogen) atoms.